The van der Waals surface area contributed by atoms with E-state index in [0.717, 1.165) is 29.8 Å². The zero-order valence-corrected chi connectivity index (χ0v) is 11.7. The van der Waals surface area contributed by atoms with Crippen molar-refractivity contribution in [3.05, 3.63) is 29.3 Å². The fraction of sp³-hybridized carbons (Fsp3) is 0.647. The molecule has 0 aromatic heterocycles. The van der Waals surface area contributed by atoms with Gasteiger partial charge in [0.05, 0.1) is 12.7 Å². The summed E-state index contributed by atoms with van der Waals surface area (Å²) in [5.41, 5.74) is 2.42. The van der Waals surface area contributed by atoms with Crippen LogP contribution in [-0.2, 0) is 5.41 Å². The van der Waals surface area contributed by atoms with Crippen molar-refractivity contribution in [3.8, 4) is 5.75 Å². The van der Waals surface area contributed by atoms with Crippen LogP contribution in [0, 0.1) is 17.8 Å². The first-order chi connectivity index (χ1) is 9.04. The van der Waals surface area contributed by atoms with E-state index in [9.17, 15) is 5.11 Å². The highest BCUT2D eigenvalue weighted by atomic mass is 16.5. The van der Waals surface area contributed by atoms with Crippen LogP contribution in [-0.4, -0.2) is 11.7 Å². The first-order valence-electron chi connectivity index (χ1n) is 7.50. The topological polar surface area (TPSA) is 29.5 Å². The van der Waals surface area contributed by atoms with Crippen LogP contribution in [0.3, 0.4) is 0 Å². The second-order valence-electron chi connectivity index (χ2n) is 7.36. The lowest BCUT2D eigenvalue weighted by Gasteiger charge is -2.22. The molecule has 1 aliphatic heterocycles. The molecular weight excluding hydrogens is 236 g/mol. The molecule has 1 N–H and O–H groups in total. The van der Waals surface area contributed by atoms with E-state index in [1.54, 1.807) is 0 Å². The molecule has 3 unspecified atom stereocenters. The Hall–Kier alpha value is -1.02. The average molecular weight is 258 g/mol. The highest BCUT2D eigenvalue weighted by Crippen LogP contribution is 2.57. The molecule has 2 fully saturated rings. The Bertz CT molecular complexity index is 510. The van der Waals surface area contributed by atoms with Gasteiger partial charge in [-0.05, 0) is 54.7 Å². The van der Waals surface area contributed by atoms with Gasteiger partial charge in [0.15, 0.2) is 0 Å². The number of ether oxygens (including phenoxy) is 1. The van der Waals surface area contributed by atoms with Crippen molar-refractivity contribution in [1.82, 2.24) is 0 Å². The van der Waals surface area contributed by atoms with E-state index in [-0.39, 0.29) is 11.5 Å². The molecule has 3 atom stereocenters. The summed E-state index contributed by atoms with van der Waals surface area (Å²) in [6.07, 6.45) is 3.58. The largest absolute Gasteiger partial charge is 0.492 e. The van der Waals surface area contributed by atoms with Gasteiger partial charge in [-0.15, -0.1) is 0 Å². The third-order valence-electron chi connectivity index (χ3n) is 5.39. The Morgan fingerprint density at radius 1 is 1.21 bits per heavy atom. The molecule has 0 bridgehead atoms. The third kappa shape index (κ3) is 1.80. The molecule has 0 spiro atoms. The standard InChI is InChI=1S/C17H22O2/c1-17(2)9-19-15-4-3-10(8-14(15)17)16(18)13-6-11-5-12(11)7-13/h3-4,8,11-13,16,18H,5-7,9H2,1-2H3. The molecule has 0 saturated heterocycles. The third-order valence-corrected chi connectivity index (χ3v) is 5.39. The van der Waals surface area contributed by atoms with Gasteiger partial charge in [-0.2, -0.15) is 0 Å². The van der Waals surface area contributed by atoms with Gasteiger partial charge in [0.25, 0.3) is 0 Å². The summed E-state index contributed by atoms with van der Waals surface area (Å²) in [5, 5.41) is 10.6. The highest BCUT2D eigenvalue weighted by molar-refractivity contribution is 5.45. The number of fused-ring (bicyclic) bond motifs is 2. The van der Waals surface area contributed by atoms with Crippen molar-refractivity contribution >= 4 is 0 Å². The Morgan fingerprint density at radius 3 is 2.68 bits per heavy atom. The van der Waals surface area contributed by atoms with Gasteiger partial charge in [0.2, 0.25) is 0 Å². The van der Waals surface area contributed by atoms with E-state index < -0.39 is 0 Å². The van der Waals surface area contributed by atoms with Crippen LogP contribution < -0.4 is 4.74 Å². The molecule has 1 aromatic carbocycles. The smallest absolute Gasteiger partial charge is 0.123 e. The molecule has 2 heteroatoms. The quantitative estimate of drug-likeness (QED) is 0.880. The second kappa shape index (κ2) is 3.76. The first kappa shape index (κ1) is 11.8. The summed E-state index contributed by atoms with van der Waals surface area (Å²) >= 11 is 0. The van der Waals surface area contributed by atoms with E-state index in [1.807, 2.05) is 6.07 Å². The molecule has 102 valence electrons. The summed E-state index contributed by atoms with van der Waals surface area (Å²) < 4.78 is 5.72. The van der Waals surface area contributed by atoms with E-state index in [2.05, 4.69) is 26.0 Å². The lowest BCUT2D eigenvalue weighted by molar-refractivity contribution is 0.104. The molecule has 0 amide bonds. The molecule has 1 heterocycles. The molecule has 3 aliphatic rings. The van der Waals surface area contributed by atoms with Crippen LogP contribution in [0.2, 0.25) is 0 Å². The number of aliphatic hydroxyl groups is 1. The molecule has 2 nitrogen and oxygen atoms in total. The number of hydrogen-bond acceptors (Lipinski definition) is 2. The van der Waals surface area contributed by atoms with E-state index in [0.29, 0.717) is 5.92 Å². The van der Waals surface area contributed by atoms with E-state index >= 15 is 0 Å². The maximum atomic E-state index is 10.6. The Morgan fingerprint density at radius 2 is 1.95 bits per heavy atom. The molecule has 0 radical (unpaired) electrons. The van der Waals surface area contributed by atoms with Crippen LogP contribution in [0.25, 0.3) is 0 Å². The number of hydrogen-bond donors (Lipinski definition) is 1. The van der Waals surface area contributed by atoms with Crippen LogP contribution in [0.5, 0.6) is 5.75 Å². The van der Waals surface area contributed by atoms with Crippen LogP contribution in [0.15, 0.2) is 18.2 Å². The van der Waals surface area contributed by atoms with Crippen molar-refractivity contribution in [2.75, 3.05) is 6.61 Å². The minimum Gasteiger partial charge on any atom is -0.492 e. The van der Waals surface area contributed by atoms with Crippen molar-refractivity contribution < 1.29 is 9.84 Å². The molecule has 4 rings (SSSR count). The summed E-state index contributed by atoms with van der Waals surface area (Å²) in [6, 6.07) is 6.27. The maximum absolute atomic E-state index is 10.6. The molecule has 19 heavy (non-hydrogen) atoms. The summed E-state index contributed by atoms with van der Waals surface area (Å²) in [5.74, 6) is 3.32. The predicted octanol–water partition coefficient (Wildman–Crippen LogP) is 3.44. The first-order valence-corrected chi connectivity index (χ1v) is 7.50. The Labute approximate surface area is 114 Å². The van der Waals surface area contributed by atoms with Gasteiger partial charge >= 0.3 is 0 Å². The fourth-order valence-corrected chi connectivity index (χ4v) is 4.01. The van der Waals surface area contributed by atoms with Gasteiger partial charge in [0.1, 0.15) is 5.75 Å². The number of benzene rings is 1. The van der Waals surface area contributed by atoms with Gasteiger partial charge < -0.3 is 9.84 Å². The minimum atomic E-state index is -0.283. The lowest BCUT2D eigenvalue weighted by Crippen LogP contribution is -2.19. The normalized spacial score (nSPS) is 35.4. The van der Waals surface area contributed by atoms with Crippen LogP contribution in [0.4, 0.5) is 0 Å². The second-order valence-corrected chi connectivity index (χ2v) is 7.36. The number of aliphatic hydroxyl groups excluding tert-OH is 1. The molecule has 2 saturated carbocycles. The minimum absolute atomic E-state index is 0.0723. The van der Waals surface area contributed by atoms with Gasteiger partial charge in [0, 0.05) is 11.0 Å². The van der Waals surface area contributed by atoms with Crippen molar-refractivity contribution in [2.24, 2.45) is 17.8 Å². The summed E-state index contributed by atoms with van der Waals surface area (Å²) in [7, 11) is 0. The SMILES string of the molecule is CC1(C)COc2ccc(C(O)C3CC4CC4C3)cc21. The average Bonchev–Trinajstić information content (AvgIpc) is 2.88. The highest BCUT2D eigenvalue weighted by Gasteiger charge is 2.48. The molecule has 1 aromatic rings. The van der Waals surface area contributed by atoms with Crippen LogP contribution in [0.1, 0.15) is 50.3 Å². The number of rotatable bonds is 2. The van der Waals surface area contributed by atoms with Gasteiger partial charge in [-0.1, -0.05) is 19.9 Å². The summed E-state index contributed by atoms with van der Waals surface area (Å²) in [4.78, 5) is 0. The van der Waals surface area contributed by atoms with E-state index in [1.165, 1.54) is 24.8 Å². The Kier molecular flexibility index (Phi) is 2.33. The van der Waals surface area contributed by atoms with Crippen LogP contribution >= 0.6 is 0 Å². The molecule has 2 aliphatic carbocycles. The van der Waals surface area contributed by atoms with Gasteiger partial charge in [-0.3, -0.25) is 0 Å². The summed E-state index contributed by atoms with van der Waals surface area (Å²) in [6.45, 7) is 5.16. The van der Waals surface area contributed by atoms with E-state index in [4.69, 9.17) is 4.74 Å². The van der Waals surface area contributed by atoms with Gasteiger partial charge in [-0.25, -0.2) is 0 Å². The Balaban J connectivity index is 1.61. The lowest BCUT2D eigenvalue weighted by atomic mass is 9.84. The van der Waals surface area contributed by atoms with Crippen molar-refractivity contribution in [1.29, 1.82) is 0 Å². The van der Waals surface area contributed by atoms with Crippen molar-refractivity contribution in [2.45, 2.75) is 44.6 Å². The zero-order chi connectivity index (χ0) is 13.2. The zero-order valence-electron chi connectivity index (χ0n) is 11.7. The predicted molar refractivity (Wildman–Crippen MR) is 74.2 cm³/mol. The molecular formula is C17H22O2. The monoisotopic (exact) mass is 258 g/mol. The van der Waals surface area contributed by atoms with Crippen molar-refractivity contribution in [3.63, 3.8) is 0 Å². The fourth-order valence-electron chi connectivity index (χ4n) is 4.01. The maximum Gasteiger partial charge on any atom is 0.123 e.